The Morgan fingerprint density at radius 3 is 2.51 bits per heavy atom. The van der Waals surface area contributed by atoms with E-state index in [1.807, 2.05) is 29.9 Å². The summed E-state index contributed by atoms with van der Waals surface area (Å²) in [6, 6.07) is 6.42. The number of ether oxygens (including phenoxy) is 3. The van der Waals surface area contributed by atoms with Crippen molar-refractivity contribution >= 4 is 23.2 Å². The van der Waals surface area contributed by atoms with E-state index in [9.17, 15) is 5.11 Å². The van der Waals surface area contributed by atoms with Gasteiger partial charge in [0.25, 0.3) is 5.88 Å². The number of aromatic nitrogens is 8. The molecule has 1 saturated heterocycles. The molecule has 0 bridgehead atoms. The van der Waals surface area contributed by atoms with Gasteiger partial charge in [0.2, 0.25) is 5.95 Å². The Kier molecular flexibility index (Phi) is 10.8. The van der Waals surface area contributed by atoms with Crippen molar-refractivity contribution < 1.29 is 19.3 Å². The van der Waals surface area contributed by atoms with E-state index < -0.39 is 0 Å². The second-order valence-electron chi connectivity index (χ2n) is 12.5. The topological polar surface area (TPSA) is 150 Å². The third-order valence-electron chi connectivity index (χ3n) is 8.57. The third kappa shape index (κ3) is 8.55. The predicted octanol–water partition coefficient (Wildman–Crippen LogP) is 4.55. The van der Waals surface area contributed by atoms with Gasteiger partial charge >= 0.3 is 0 Å². The normalized spacial score (nSPS) is 22.6. The van der Waals surface area contributed by atoms with Crippen LogP contribution in [0.15, 0.2) is 43.1 Å². The van der Waals surface area contributed by atoms with Crippen molar-refractivity contribution in [1.82, 2.24) is 44.9 Å². The minimum Gasteiger partial charge on any atom is -0.487 e. The standard InChI is InChI=1S/C32H43ClN10O4/c1-21-16-41(17-22(2)46-21)26-6-8-27(9-7-26)43-19-29(31(38-43)45-12-4-11-44)37-32-34-14-25(15-35-32)24-5-10-28(33)30(13-24)47-23(3)18-42-20-36-39-40-42/h5,10,13-15,19-23,26-27,44H,4,6-9,11-12,16-18H2,1-3H3,(H,34,35,37)/t21-,22+,23-,26-,27-/m0/s1. The van der Waals surface area contributed by atoms with Gasteiger partial charge in [0.1, 0.15) is 23.9 Å². The highest BCUT2D eigenvalue weighted by atomic mass is 35.5. The first-order valence-corrected chi connectivity index (χ1v) is 16.7. The van der Waals surface area contributed by atoms with Gasteiger partial charge in [-0.25, -0.2) is 14.6 Å². The first kappa shape index (κ1) is 33.1. The molecule has 4 aromatic rings. The molecule has 14 nitrogen and oxygen atoms in total. The Labute approximate surface area is 279 Å². The summed E-state index contributed by atoms with van der Waals surface area (Å²) in [5, 5.41) is 29.1. The van der Waals surface area contributed by atoms with Gasteiger partial charge in [-0.05, 0) is 74.6 Å². The van der Waals surface area contributed by atoms with Gasteiger partial charge in [-0.2, -0.15) is 0 Å². The zero-order valence-corrected chi connectivity index (χ0v) is 27.8. The molecule has 252 valence electrons. The van der Waals surface area contributed by atoms with Crippen LogP contribution in [0.2, 0.25) is 5.02 Å². The van der Waals surface area contributed by atoms with Crippen LogP contribution in [0.1, 0.15) is 58.9 Å². The molecule has 0 radical (unpaired) electrons. The Morgan fingerprint density at radius 1 is 1.06 bits per heavy atom. The lowest BCUT2D eigenvalue weighted by Crippen LogP contribution is -2.51. The van der Waals surface area contributed by atoms with Crippen LogP contribution < -0.4 is 14.8 Å². The summed E-state index contributed by atoms with van der Waals surface area (Å²) in [7, 11) is 0. The van der Waals surface area contributed by atoms with Crippen molar-refractivity contribution in [3.8, 4) is 22.8 Å². The summed E-state index contributed by atoms with van der Waals surface area (Å²) in [6.07, 6.45) is 12.2. The molecule has 0 spiro atoms. The second-order valence-corrected chi connectivity index (χ2v) is 12.9. The molecule has 0 unspecified atom stereocenters. The van der Waals surface area contributed by atoms with Gasteiger partial charge in [-0.15, -0.1) is 10.2 Å². The summed E-state index contributed by atoms with van der Waals surface area (Å²) in [5.41, 5.74) is 2.36. The second kappa shape index (κ2) is 15.4. The smallest absolute Gasteiger partial charge is 0.256 e. The van der Waals surface area contributed by atoms with E-state index in [0.29, 0.717) is 53.9 Å². The highest BCUT2D eigenvalue weighted by Gasteiger charge is 2.32. The maximum absolute atomic E-state index is 9.29. The van der Waals surface area contributed by atoms with Gasteiger partial charge in [0.15, 0.2) is 0 Å². The van der Waals surface area contributed by atoms with Crippen LogP contribution in [-0.4, -0.2) is 101 Å². The first-order valence-electron chi connectivity index (χ1n) is 16.3. The van der Waals surface area contributed by atoms with E-state index in [4.69, 9.17) is 30.9 Å². The molecule has 3 atom stereocenters. The van der Waals surface area contributed by atoms with Gasteiger partial charge < -0.3 is 24.6 Å². The predicted molar refractivity (Wildman–Crippen MR) is 176 cm³/mol. The summed E-state index contributed by atoms with van der Waals surface area (Å²) in [4.78, 5) is 11.8. The number of hydrogen-bond acceptors (Lipinski definition) is 12. The van der Waals surface area contributed by atoms with Crippen molar-refractivity contribution in [2.24, 2.45) is 0 Å². The maximum atomic E-state index is 9.29. The Morgan fingerprint density at radius 2 is 1.81 bits per heavy atom. The van der Waals surface area contributed by atoms with E-state index in [0.717, 1.165) is 49.9 Å². The van der Waals surface area contributed by atoms with Crippen molar-refractivity contribution in [2.75, 3.05) is 31.6 Å². The fourth-order valence-corrected chi connectivity index (χ4v) is 6.57. The summed E-state index contributed by atoms with van der Waals surface area (Å²) in [5.74, 6) is 1.44. The van der Waals surface area contributed by atoms with Crippen molar-refractivity contribution in [3.63, 3.8) is 0 Å². The van der Waals surface area contributed by atoms with E-state index in [-0.39, 0.29) is 31.0 Å². The molecule has 1 saturated carbocycles. The van der Waals surface area contributed by atoms with Gasteiger partial charge in [0, 0.05) is 50.1 Å². The zero-order valence-electron chi connectivity index (χ0n) is 27.1. The van der Waals surface area contributed by atoms with Crippen LogP contribution in [-0.2, 0) is 11.3 Å². The lowest BCUT2D eigenvalue weighted by Gasteiger charge is -2.42. The number of hydrogen-bond donors (Lipinski definition) is 2. The Balaban J connectivity index is 1.11. The molecule has 15 heteroatoms. The summed E-state index contributed by atoms with van der Waals surface area (Å²) >= 11 is 6.44. The minimum atomic E-state index is -0.212. The van der Waals surface area contributed by atoms with Crippen LogP contribution in [0.3, 0.4) is 0 Å². The number of tetrazole rings is 1. The number of anilines is 2. The number of aliphatic hydroxyl groups excluding tert-OH is 1. The summed E-state index contributed by atoms with van der Waals surface area (Å²) < 4.78 is 21.6. The van der Waals surface area contributed by atoms with Crippen molar-refractivity contribution in [3.05, 3.63) is 48.1 Å². The molecule has 3 aromatic heterocycles. The van der Waals surface area contributed by atoms with E-state index in [1.54, 1.807) is 29.5 Å². The van der Waals surface area contributed by atoms with Crippen molar-refractivity contribution in [2.45, 2.75) is 89.8 Å². The number of aliphatic hydroxyl groups is 1. The highest BCUT2D eigenvalue weighted by molar-refractivity contribution is 6.32. The lowest BCUT2D eigenvalue weighted by atomic mass is 9.89. The molecular weight excluding hydrogens is 624 g/mol. The molecule has 1 aromatic carbocycles. The van der Waals surface area contributed by atoms with Crippen LogP contribution in [0, 0.1) is 0 Å². The average Bonchev–Trinajstić information content (AvgIpc) is 3.72. The number of nitrogens with zero attached hydrogens (tertiary/aromatic N) is 9. The number of halogens is 1. The molecular formula is C32H43ClN10O4. The number of benzene rings is 1. The van der Waals surface area contributed by atoms with Crippen LogP contribution in [0.4, 0.5) is 11.6 Å². The molecule has 1 aliphatic heterocycles. The number of nitrogens with one attached hydrogen (secondary N) is 1. The van der Waals surface area contributed by atoms with Crippen molar-refractivity contribution in [1.29, 1.82) is 0 Å². The van der Waals surface area contributed by atoms with E-state index >= 15 is 0 Å². The Hall–Kier alpha value is -3.85. The minimum absolute atomic E-state index is 0.0481. The van der Waals surface area contributed by atoms with Gasteiger partial charge in [-0.1, -0.05) is 17.7 Å². The fraction of sp³-hybridized carbons (Fsp3) is 0.562. The number of morpholine rings is 1. The molecule has 4 heterocycles. The first-order chi connectivity index (χ1) is 22.8. The highest BCUT2D eigenvalue weighted by Crippen LogP contribution is 2.36. The van der Waals surface area contributed by atoms with Crippen LogP contribution >= 0.6 is 11.6 Å². The monoisotopic (exact) mass is 666 g/mol. The lowest BCUT2D eigenvalue weighted by molar-refractivity contribution is -0.0852. The molecule has 6 rings (SSSR count). The van der Waals surface area contributed by atoms with Crippen LogP contribution in [0.25, 0.3) is 11.1 Å². The van der Waals surface area contributed by atoms with Crippen LogP contribution in [0.5, 0.6) is 11.6 Å². The largest absolute Gasteiger partial charge is 0.487 e. The molecule has 2 N–H and O–H groups in total. The average molecular weight is 667 g/mol. The summed E-state index contributed by atoms with van der Waals surface area (Å²) in [6.45, 7) is 9.12. The zero-order chi connectivity index (χ0) is 32.8. The third-order valence-corrected chi connectivity index (χ3v) is 8.88. The molecule has 2 aliphatic rings. The molecule has 0 amide bonds. The SMILES string of the molecule is C[C@@H]1CN([C@H]2CC[C@H](n3cc(Nc4ncc(-c5ccc(Cl)c(O[C@@H](C)Cn6cnnn6)c5)cn4)c(OCCCO)n3)CC2)C[C@H](C)O1. The molecule has 1 aliphatic carbocycles. The molecule has 2 fully saturated rings. The maximum Gasteiger partial charge on any atom is 0.256 e. The van der Waals surface area contributed by atoms with Gasteiger partial charge in [0.05, 0.1) is 42.6 Å². The number of rotatable bonds is 13. The molecule has 47 heavy (non-hydrogen) atoms. The van der Waals surface area contributed by atoms with Gasteiger partial charge in [-0.3, -0.25) is 9.58 Å². The quantitative estimate of drug-likeness (QED) is 0.193. The van der Waals surface area contributed by atoms with E-state index in [2.05, 4.69) is 49.6 Å². The fourth-order valence-electron chi connectivity index (χ4n) is 6.41. The Bertz CT molecular complexity index is 1550. The van der Waals surface area contributed by atoms with E-state index in [1.165, 1.54) is 0 Å².